The molecule has 1 amide bonds. The molecule has 0 atom stereocenters. The van der Waals surface area contributed by atoms with E-state index in [2.05, 4.69) is 35.2 Å². The Morgan fingerprint density at radius 3 is 2.28 bits per heavy atom. The molecule has 47 heavy (non-hydrogen) atoms. The van der Waals surface area contributed by atoms with Gasteiger partial charge in [-0.25, -0.2) is 0 Å². The number of nitrogens with zero attached hydrogens (tertiary/aromatic N) is 4. The summed E-state index contributed by atoms with van der Waals surface area (Å²) >= 11 is 6.95. The zero-order valence-corrected chi connectivity index (χ0v) is 29.5. The monoisotopic (exact) mass is 676 g/mol. The molecule has 1 aromatic carbocycles. The van der Waals surface area contributed by atoms with Crippen molar-refractivity contribution in [3.8, 4) is 6.07 Å². The van der Waals surface area contributed by atoms with Crippen molar-refractivity contribution in [1.29, 1.82) is 5.26 Å². The van der Waals surface area contributed by atoms with Crippen molar-refractivity contribution in [3.05, 3.63) is 67.8 Å². The fourth-order valence-corrected chi connectivity index (χ4v) is 7.93. The standard InChI is InChI=1S/C37H48N4O4S2/c1-3-20-40-34(39-22-18-29(19-23-39)24-28-15-11-10-12-16-28)30(27(2)31(26-38)35(40)44)25-32-36(45)41(37(46)47-32)21-14-9-7-5-4-6-8-13-17-33(42)43/h10-12,15-16,25,29H,3-9,13-14,17-24H2,1-2H3,(H,42,43). The van der Waals surface area contributed by atoms with Gasteiger partial charge in [-0.2, -0.15) is 5.26 Å². The van der Waals surface area contributed by atoms with E-state index in [9.17, 15) is 19.6 Å². The van der Waals surface area contributed by atoms with Crippen molar-refractivity contribution in [2.24, 2.45) is 5.92 Å². The van der Waals surface area contributed by atoms with Crippen molar-refractivity contribution in [1.82, 2.24) is 9.47 Å². The van der Waals surface area contributed by atoms with Gasteiger partial charge in [-0.1, -0.05) is 99.8 Å². The van der Waals surface area contributed by atoms with Gasteiger partial charge in [-0.15, -0.1) is 0 Å². The average molecular weight is 677 g/mol. The highest BCUT2D eigenvalue weighted by Crippen LogP contribution is 2.37. The highest BCUT2D eigenvalue weighted by molar-refractivity contribution is 8.26. The fraction of sp³-hybridized carbons (Fsp3) is 0.541. The number of thioether (sulfide) groups is 1. The molecule has 0 bridgehead atoms. The van der Waals surface area contributed by atoms with Crippen molar-refractivity contribution in [3.63, 3.8) is 0 Å². The zero-order valence-electron chi connectivity index (χ0n) is 27.8. The van der Waals surface area contributed by atoms with E-state index in [-0.39, 0.29) is 23.5 Å². The lowest BCUT2D eigenvalue weighted by Gasteiger charge is -2.36. The van der Waals surface area contributed by atoms with Crippen molar-refractivity contribution >= 4 is 52.1 Å². The van der Waals surface area contributed by atoms with Gasteiger partial charge in [0.1, 0.15) is 21.8 Å². The number of carboxylic acids is 1. The first-order valence-corrected chi connectivity index (χ1v) is 18.4. The Labute approximate surface area is 288 Å². The lowest BCUT2D eigenvalue weighted by atomic mass is 9.90. The van der Waals surface area contributed by atoms with E-state index >= 15 is 0 Å². The van der Waals surface area contributed by atoms with Crippen LogP contribution in [0.5, 0.6) is 0 Å². The summed E-state index contributed by atoms with van der Waals surface area (Å²) in [5.74, 6) is 0.521. The van der Waals surface area contributed by atoms with E-state index in [1.54, 1.807) is 9.47 Å². The molecule has 0 saturated carbocycles. The summed E-state index contributed by atoms with van der Waals surface area (Å²) < 4.78 is 2.30. The maximum atomic E-state index is 13.6. The number of amides is 1. The third-order valence-corrected chi connectivity index (χ3v) is 10.6. The van der Waals surface area contributed by atoms with E-state index in [4.69, 9.17) is 17.3 Å². The van der Waals surface area contributed by atoms with E-state index < -0.39 is 5.97 Å². The van der Waals surface area contributed by atoms with Crippen molar-refractivity contribution < 1.29 is 14.7 Å². The maximum Gasteiger partial charge on any atom is 0.303 e. The molecule has 2 saturated heterocycles. The summed E-state index contributed by atoms with van der Waals surface area (Å²) in [6.45, 7) is 6.52. The summed E-state index contributed by atoms with van der Waals surface area (Å²) in [4.78, 5) is 42.4. The molecule has 2 fully saturated rings. The van der Waals surface area contributed by atoms with Gasteiger partial charge in [0.2, 0.25) is 0 Å². The number of carbonyl (C=O) groups excluding carboxylic acids is 1. The summed E-state index contributed by atoms with van der Waals surface area (Å²) in [7, 11) is 0. The van der Waals surface area contributed by atoms with Crippen LogP contribution in [-0.2, 0) is 22.6 Å². The van der Waals surface area contributed by atoms with Crippen LogP contribution < -0.4 is 10.5 Å². The molecule has 0 unspecified atom stereocenters. The number of anilines is 1. The summed E-state index contributed by atoms with van der Waals surface area (Å²) in [5, 5.41) is 18.8. The van der Waals surface area contributed by atoms with Gasteiger partial charge in [0.05, 0.1) is 4.91 Å². The second-order valence-corrected chi connectivity index (χ2v) is 14.4. The van der Waals surface area contributed by atoms with Crippen LogP contribution in [0.4, 0.5) is 5.82 Å². The first kappa shape index (κ1) is 36.4. The number of hydrogen-bond acceptors (Lipinski definition) is 7. The predicted octanol–water partition coefficient (Wildman–Crippen LogP) is 7.69. The molecule has 4 rings (SSSR count). The van der Waals surface area contributed by atoms with Gasteiger partial charge in [-0.05, 0) is 68.6 Å². The molecular weight excluding hydrogens is 629 g/mol. The second kappa shape index (κ2) is 18.2. The first-order chi connectivity index (χ1) is 22.7. The number of piperidine rings is 1. The minimum atomic E-state index is -0.728. The number of hydrogen-bond donors (Lipinski definition) is 1. The van der Waals surface area contributed by atoms with Crippen LogP contribution in [0.25, 0.3) is 6.08 Å². The molecule has 10 heteroatoms. The quantitative estimate of drug-likeness (QED) is 0.103. The summed E-state index contributed by atoms with van der Waals surface area (Å²) in [6.07, 6.45) is 13.8. The van der Waals surface area contributed by atoms with Crippen LogP contribution >= 0.6 is 24.0 Å². The normalized spacial score (nSPS) is 16.3. The number of carbonyl (C=O) groups is 2. The molecule has 0 radical (unpaired) electrons. The number of aliphatic carboxylic acids is 1. The van der Waals surface area contributed by atoms with Gasteiger partial charge in [-0.3, -0.25) is 23.9 Å². The molecule has 2 aliphatic rings. The van der Waals surface area contributed by atoms with Gasteiger partial charge in [0.15, 0.2) is 0 Å². The van der Waals surface area contributed by atoms with E-state index in [1.165, 1.54) is 17.3 Å². The molecule has 2 aromatic rings. The summed E-state index contributed by atoms with van der Waals surface area (Å²) in [6, 6.07) is 12.7. The molecule has 8 nitrogen and oxygen atoms in total. The van der Waals surface area contributed by atoms with Gasteiger partial charge >= 0.3 is 5.97 Å². The molecule has 1 aromatic heterocycles. The lowest BCUT2D eigenvalue weighted by molar-refractivity contribution is -0.137. The molecule has 3 heterocycles. The minimum absolute atomic E-state index is 0.114. The Hall–Kier alpha value is -3.42. The van der Waals surface area contributed by atoms with E-state index in [0.29, 0.717) is 33.8 Å². The smallest absolute Gasteiger partial charge is 0.303 e. The van der Waals surface area contributed by atoms with Crippen LogP contribution in [0.2, 0.25) is 0 Å². The number of nitriles is 1. The molecular formula is C37H48N4O4S2. The third-order valence-electron chi connectivity index (χ3n) is 9.25. The van der Waals surface area contributed by atoms with Crippen molar-refractivity contribution in [2.75, 3.05) is 24.5 Å². The van der Waals surface area contributed by atoms with Crippen LogP contribution in [0.15, 0.2) is 40.0 Å². The molecule has 0 aliphatic carbocycles. The SMILES string of the molecule is CCCn1c(N2CCC(Cc3ccccc3)CC2)c(C=C2SC(=S)N(CCCCCCCCCCC(=O)O)C2=O)c(C)c(C#N)c1=O. The summed E-state index contributed by atoms with van der Waals surface area (Å²) in [5.41, 5.74) is 2.58. The van der Waals surface area contributed by atoms with Gasteiger partial charge < -0.3 is 10.0 Å². The Bertz CT molecular complexity index is 1540. The van der Waals surface area contributed by atoms with Gasteiger partial charge in [0, 0.05) is 38.2 Å². The molecule has 2 aliphatic heterocycles. The van der Waals surface area contributed by atoms with Crippen LogP contribution in [0.1, 0.15) is 106 Å². The number of rotatable bonds is 17. The largest absolute Gasteiger partial charge is 0.481 e. The third kappa shape index (κ3) is 9.80. The average Bonchev–Trinajstić information content (AvgIpc) is 3.32. The van der Waals surface area contributed by atoms with E-state index in [0.717, 1.165) is 102 Å². The first-order valence-electron chi connectivity index (χ1n) is 17.2. The number of aromatic nitrogens is 1. The van der Waals surface area contributed by atoms with Crippen LogP contribution in [-0.4, -0.2) is 50.4 Å². The molecule has 1 N–H and O–H groups in total. The topological polar surface area (TPSA) is 107 Å². The van der Waals surface area contributed by atoms with Crippen molar-refractivity contribution in [2.45, 2.75) is 104 Å². The Balaban J connectivity index is 1.46. The van der Waals surface area contributed by atoms with E-state index in [1.807, 2.05) is 26.0 Å². The minimum Gasteiger partial charge on any atom is -0.481 e. The number of unbranched alkanes of at least 4 members (excludes halogenated alkanes) is 7. The number of thiocarbonyl (C=S) groups is 1. The van der Waals surface area contributed by atoms with Crippen LogP contribution in [0, 0.1) is 24.2 Å². The number of pyridine rings is 1. The van der Waals surface area contributed by atoms with Gasteiger partial charge in [0.25, 0.3) is 11.5 Å². The fourth-order valence-electron chi connectivity index (χ4n) is 6.64. The second-order valence-electron chi connectivity index (χ2n) is 12.7. The maximum absolute atomic E-state index is 13.6. The highest BCUT2D eigenvalue weighted by Gasteiger charge is 2.33. The Kier molecular flexibility index (Phi) is 14.1. The molecule has 252 valence electrons. The van der Waals surface area contributed by atoms with Crippen LogP contribution in [0.3, 0.4) is 0 Å². The predicted molar refractivity (Wildman–Crippen MR) is 195 cm³/mol. The highest BCUT2D eigenvalue weighted by atomic mass is 32.2. The molecule has 0 spiro atoms. The zero-order chi connectivity index (χ0) is 33.8. The Morgan fingerprint density at radius 1 is 1.02 bits per heavy atom. The Morgan fingerprint density at radius 2 is 1.66 bits per heavy atom. The number of carboxylic acid groups (broad SMARTS) is 1. The number of benzene rings is 1. The lowest BCUT2D eigenvalue weighted by Crippen LogP contribution is -2.40.